The van der Waals surface area contributed by atoms with E-state index in [4.69, 9.17) is 14.7 Å². The van der Waals surface area contributed by atoms with Gasteiger partial charge in [-0.25, -0.2) is 0 Å². The van der Waals surface area contributed by atoms with Crippen LogP contribution in [0.15, 0.2) is 50.0 Å². The predicted molar refractivity (Wildman–Crippen MR) is 97.6 cm³/mol. The molecule has 0 bridgehead atoms. The number of hydrogen-bond donors (Lipinski definition) is 1. The molecule has 3 rings (SSSR count). The van der Waals surface area contributed by atoms with E-state index in [9.17, 15) is 0 Å². The zero-order valence-corrected chi connectivity index (χ0v) is 15.6. The Hall–Kier alpha value is -1.34. The molecule has 128 valence electrons. The van der Waals surface area contributed by atoms with Crippen molar-refractivity contribution in [1.29, 1.82) is 0 Å². The van der Waals surface area contributed by atoms with Crippen LogP contribution in [0.3, 0.4) is 0 Å². The highest BCUT2D eigenvalue weighted by Gasteiger charge is 2.44. The van der Waals surface area contributed by atoms with Crippen LogP contribution < -0.4 is 0 Å². The van der Waals surface area contributed by atoms with Gasteiger partial charge in [-0.05, 0) is 48.6 Å². The van der Waals surface area contributed by atoms with Crippen LogP contribution in [0, 0.1) is 0 Å². The molecule has 1 aromatic heterocycles. The third-order valence-electron chi connectivity index (χ3n) is 4.57. The third kappa shape index (κ3) is 3.24. The number of oxime groups is 1. The maximum atomic E-state index is 8.83. The van der Waals surface area contributed by atoms with Crippen molar-refractivity contribution in [2.75, 3.05) is 13.7 Å². The molecule has 0 aliphatic carbocycles. The van der Waals surface area contributed by atoms with E-state index in [0.717, 1.165) is 23.5 Å². The highest BCUT2D eigenvalue weighted by atomic mass is 32.2. The fraction of sp³-hybridized carbons (Fsp3) is 0.389. The highest BCUT2D eigenvalue weighted by Crippen LogP contribution is 2.43. The van der Waals surface area contributed by atoms with Gasteiger partial charge in [0.2, 0.25) is 0 Å². The number of hydrogen-bond acceptors (Lipinski definition) is 6. The van der Waals surface area contributed by atoms with E-state index in [-0.39, 0.29) is 11.7 Å². The van der Waals surface area contributed by atoms with Crippen LogP contribution in [0.4, 0.5) is 0 Å². The maximum Gasteiger partial charge on any atom is 0.121 e. The molecule has 2 unspecified atom stereocenters. The van der Waals surface area contributed by atoms with Gasteiger partial charge in [-0.2, -0.15) is 0 Å². The Balaban J connectivity index is 1.77. The predicted octanol–water partition coefficient (Wildman–Crippen LogP) is 4.75. The summed E-state index contributed by atoms with van der Waals surface area (Å²) < 4.78 is 12.8. The first-order valence-corrected chi connectivity index (χ1v) is 9.51. The van der Waals surface area contributed by atoms with Gasteiger partial charge in [-0.1, -0.05) is 29.1 Å². The van der Waals surface area contributed by atoms with Gasteiger partial charge in [0.05, 0.1) is 22.6 Å². The lowest BCUT2D eigenvalue weighted by atomic mass is 9.90. The molecule has 24 heavy (non-hydrogen) atoms. The van der Waals surface area contributed by atoms with Gasteiger partial charge in [0.15, 0.2) is 0 Å². The van der Waals surface area contributed by atoms with Crippen LogP contribution in [0.1, 0.15) is 31.4 Å². The van der Waals surface area contributed by atoms with Crippen LogP contribution in [0.2, 0.25) is 0 Å². The van der Waals surface area contributed by atoms with Crippen LogP contribution in [0.25, 0.3) is 0 Å². The number of ether oxygens (including phenoxy) is 2. The van der Waals surface area contributed by atoms with Crippen LogP contribution in [-0.4, -0.2) is 30.7 Å². The monoisotopic (exact) mass is 363 g/mol. The van der Waals surface area contributed by atoms with E-state index in [1.165, 1.54) is 9.77 Å². The van der Waals surface area contributed by atoms with Crippen LogP contribution >= 0.6 is 23.1 Å². The van der Waals surface area contributed by atoms with Gasteiger partial charge in [0, 0.05) is 18.4 Å². The second-order valence-electron chi connectivity index (χ2n) is 5.82. The lowest BCUT2D eigenvalue weighted by molar-refractivity contribution is -0.0645. The lowest BCUT2D eigenvalue weighted by Gasteiger charge is -2.30. The van der Waals surface area contributed by atoms with Gasteiger partial charge in [0.25, 0.3) is 0 Å². The molecule has 1 aromatic carbocycles. The summed E-state index contributed by atoms with van der Waals surface area (Å²) in [4.78, 5) is 1.15. The van der Waals surface area contributed by atoms with E-state index in [1.807, 2.05) is 24.3 Å². The molecule has 0 radical (unpaired) electrons. The fourth-order valence-corrected chi connectivity index (χ4v) is 5.04. The van der Waals surface area contributed by atoms with Crippen LogP contribution in [0.5, 0.6) is 0 Å². The average molecular weight is 364 g/mol. The Kier molecular flexibility index (Phi) is 5.30. The summed E-state index contributed by atoms with van der Waals surface area (Å²) in [5.41, 5.74) is 2.40. The fourth-order valence-electron chi connectivity index (χ4n) is 3.02. The number of benzene rings is 1. The number of thiophene rings is 1. The lowest BCUT2D eigenvalue weighted by Crippen LogP contribution is -2.35. The second kappa shape index (κ2) is 7.27. The molecular formula is C18H21NO3S2. The molecule has 1 fully saturated rings. The normalized spacial score (nSPS) is 24.5. The Labute approximate surface area is 150 Å². The zero-order chi connectivity index (χ0) is 17.2. The Bertz CT molecular complexity index is 726. The van der Waals surface area contributed by atoms with Crippen molar-refractivity contribution < 1.29 is 14.7 Å². The maximum absolute atomic E-state index is 8.83. The van der Waals surface area contributed by atoms with E-state index < -0.39 is 0 Å². The van der Waals surface area contributed by atoms with Crippen LogP contribution in [-0.2, 0) is 15.1 Å². The number of methoxy groups -OCH3 is 1. The molecule has 0 amide bonds. The second-order valence-corrected chi connectivity index (χ2v) is 8.11. The summed E-state index contributed by atoms with van der Waals surface area (Å²) in [6, 6.07) is 10.2. The summed E-state index contributed by atoms with van der Waals surface area (Å²) in [6.07, 6.45) is 0.954. The first-order valence-electron chi connectivity index (χ1n) is 7.82. The standard InChI is InChI=1S/C18H21NO3S2/c1-12(19-20)14-4-6-16(7-5-14)24-17-10-15(11-23-17)18(21-3)8-9-22-13(18)2/h4-7,10-11,13,20H,8-9H2,1-3H3/b19-12-. The molecule has 2 atom stereocenters. The van der Waals surface area contributed by atoms with Crippen molar-refractivity contribution in [2.45, 2.75) is 41.1 Å². The largest absolute Gasteiger partial charge is 0.411 e. The van der Waals surface area contributed by atoms with E-state index in [0.29, 0.717) is 5.71 Å². The molecule has 1 N–H and O–H groups in total. The molecule has 1 saturated heterocycles. The minimum atomic E-state index is -0.326. The quantitative estimate of drug-likeness (QED) is 0.473. The summed E-state index contributed by atoms with van der Waals surface area (Å²) in [5.74, 6) is 0. The van der Waals surface area contributed by atoms with Gasteiger partial charge < -0.3 is 14.7 Å². The van der Waals surface area contributed by atoms with Gasteiger partial charge in [-0.3, -0.25) is 0 Å². The molecule has 0 spiro atoms. The van der Waals surface area contributed by atoms with Crippen molar-refractivity contribution in [3.05, 3.63) is 46.8 Å². The highest BCUT2D eigenvalue weighted by molar-refractivity contribution is 8.01. The summed E-state index contributed by atoms with van der Waals surface area (Å²) in [5, 5.41) is 14.2. The molecule has 2 aromatic rings. The number of rotatable bonds is 5. The average Bonchev–Trinajstić information content (AvgIpc) is 3.22. The van der Waals surface area contributed by atoms with Crippen molar-refractivity contribution in [2.24, 2.45) is 5.16 Å². The summed E-state index contributed by atoms with van der Waals surface area (Å²) in [7, 11) is 1.76. The summed E-state index contributed by atoms with van der Waals surface area (Å²) in [6.45, 7) is 4.59. The minimum Gasteiger partial charge on any atom is -0.411 e. The minimum absolute atomic E-state index is 0.0648. The third-order valence-corrected chi connectivity index (χ3v) is 6.65. The van der Waals surface area contributed by atoms with Crippen molar-refractivity contribution in [3.8, 4) is 0 Å². The van der Waals surface area contributed by atoms with Gasteiger partial charge in [0.1, 0.15) is 5.60 Å². The topological polar surface area (TPSA) is 51.0 Å². The number of nitrogens with zero attached hydrogens (tertiary/aromatic N) is 1. The molecular weight excluding hydrogens is 342 g/mol. The molecule has 1 aliphatic rings. The molecule has 4 nitrogen and oxygen atoms in total. The van der Waals surface area contributed by atoms with Gasteiger partial charge >= 0.3 is 0 Å². The van der Waals surface area contributed by atoms with E-state index >= 15 is 0 Å². The Morgan fingerprint density at radius 2 is 2.17 bits per heavy atom. The van der Waals surface area contributed by atoms with Crippen molar-refractivity contribution in [1.82, 2.24) is 0 Å². The zero-order valence-electron chi connectivity index (χ0n) is 14.0. The first-order chi connectivity index (χ1) is 11.6. The first kappa shape index (κ1) is 17.5. The van der Waals surface area contributed by atoms with Crippen molar-refractivity contribution >= 4 is 28.8 Å². The van der Waals surface area contributed by atoms with E-state index in [1.54, 1.807) is 37.1 Å². The molecule has 1 aliphatic heterocycles. The molecule has 6 heteroatoms. The Morgan fingerprint density at radius 1 is 1.42 bits per heavy atom. The van der Waals surface area contributed by atoms with Crippen molar-refractivity contribution in [3.63, 3.8) is 0 Å². The molecule has 0 saturated carbocycles. The Morgan fingerprint density at radius 3 is 2.75 bits per heavy atom. The smallest absolute Gasteiger partial charge is 0.121 e. The van der Waals surface area contributed by atoms with E-state index in [2.05, 4.69) is 23.5 Å². The molecule has 2 heterocycles. The SMILES string of the molecule is COC1(c2csc(Sc3ccc(/C(C)=N\O)cc3)c2)CCOC1C. The van der Waals surface area contributed by atoms with Gasteiger partial charge in [-0.15, -0.1) is 11.3 Å². The summed E-state index contributed by atoms with van der Waals surface area (Å²) >= 11 is 3.45.